The van der Waals surface area contributed by atoms with Crippen LogP contribution in [0.25, 0.3) is 10.8 Å². The molecule has 0 saturated heterocycles. The first-order valence-electron chi connectivity index (χ1n) is 8.23. The van der Waals surface area contributed by atoms with E-state index in [1.165, 1.54) is 6.07 Å². The zero-order valence-electron chi connectivity index (χ0n) is 15.0. The molecule has 0 aliphatic carbocycles. The van der Waals surface area contributed by atoms with Gasteiger partial charge in [0.25, 0.3) is 0 Å². The highest BCUT2D eigenvalue weighted by Crippen LogP contribution is 2.50. The number of aromatic hydroxyl groups is 1. The third-order valence-electron chi connectivity index (χ3n) is 4.34. The average Bonchev–Trinajstić information content (AvgIpc) is 2.94. The van der Waals surface area contributed by atoms with Crippen LogP contribution in [0, 0.1) is 0 Å². The van der Waals surface area contributed by atoms with Crippen molar-refractivity contribution < 1.29 is 28.2 Å². The number of fused-ring (bicyclic) bond motifs is 3. The minimum absolute atomic E-state index is 0.0886. The number of benzene rings is 2. The Balaban J connectivity index is 2.20. The third kappa shape index (κ3) is 3.07. The summed E-state index contributed by atoms with van der Waals surface area (Å²) in [7, 11) is 0.929. The van der Waals surface area contributed by atoms with Gasteiger partial charge in [-0.25, -0.2) is 4.79 Å². The van der Waals surface area contributed by atoms with Crippen molar-refractivity contribution in [1.82, 2.24) is 0 Å². The van der Waals surface area contributed by atoms with Gasteiger partial charge in [-0.2, -0.15) is 8.78 Å². The van der Waals surface area contributed by atoms with E-state index in [0.717, 1.165) is 12.0 Å². The molecule has 3 rings (SSSR count). The number of carbonyl (C=O) groups is 1. The molecule has 1 N–H and O–H groups in total. The number of phenolic OH excluding ortho intramolecular Hbond substituents is 1. The Morgan fingerprint density at radius 2 is 1.85 bits per heavy atom. The SMILES string of the molecule is COC(F)(F)C1CN(C(=O)OC(C)(C)C)c2cc(O)c3ccccc3c21. The normalized spacial score (nSPS) is 17.5. The van der Waals surface area contributed by atoms with Crippen molar-refractivity contribution in [2.45, 2.75) is 38.4 Å². The molecular formula is C19H21F2NO4. The topological polar surface area (TPSA) is 59.0 Å². The van der Waals surface area contributed by atoms with Gasteiger partial charge in [0.15, 0.2) is 0 Å². The number of amides is 1. The molecule has 1 heterocycles. The number of nitrogens with zero attached hydrogens (tertiary/aromatic N) is 1. The van der Waals surface area contributed by atoms with Crippen LogP contribution >= 0.6 is 0 Å². The van der Waals surface area contributed by atoms with E-state index in [2.05, 4.69) is 4.74 Å². The van der Waals surface area contributed by atoms with Crippen LogP contribution in [0.15, 0.2) is 30.3 Å². The van der Waals surface area contributed by atoms with E-state index in [4.69, 9.17) is 4.74 Å². The van der Waals surface area contributed by atoms with Crippen molar-refractivity contribution in [2.24, 2.45) is 0 Å². The molecule has 1 aliphatic heterocycles. The van der Waals surface area contributed by atoms with Crippen LogP contribution in [-0.4, -0.2) is 36.6 Å². The fraction of sp³-hybridized carbons (Fsp3) is 0.421. The smallest absolute Gasteiger partial charge is 0.414 e. The fourth-order valence-electron chi connectivity index (χ4n) is 3.23. The highest BCUT2D eigenvalue weighted by Gasteiger charge is 2.50. The molecule has 0 fully saturated rings. The number of halogens is 2. The lowest BCUT2D eigenvalue weighted by molar-refractivity contribution is -0.234. The van der Waals surface area contributed by atoms with Crippen LogP contribution in [0.5, 0.6) is 5.75 Å². The van der Waals surface area contributed by atoms with Crippen molar-refractivity contribution >= 4 is 22.6 Å². The van der Waals surface area contributed by atoms with Gasteiger partial charge in [-0.15, -0.1) is 0 Å². The maximum Gasteiger partial charge on any atom is 0.414 e. The molecule has 0 radical (unpaired) electrons. The lowest BCUT2D eigenvalue weighted by Gasteiger charge is -2.25. The summed E-state index contributed by atoms with van der Waals surface area (Å²) < 4.78 is 38.7. The largest absolute Gasteiger partial charge is 0.507 e. The van der Waals surface area contributed by atoms with Crippen LogP contribution in [0.1, 0.15) is 32.3 Å². The van der Waals surface area contributed by atoms with E-state index in [1.54, 1.807) is 45.0 Å². The van der Waals surface area contributed by atoms with Crippen LogP contribution in [-0.2, 0) is 9.47 Å². The number of hydrogen-bond acceptors (Lipinski definition) is 4. The number of methoxy groups -OCH3 is 1. The maximum absolute atomic E-state index is 14.5. The van der Waals surface area contributed by atoms with Crippen LogP contribution in [0.2, 0.25) is 0 Å². The van der Waals surface area contributed by atoms with Crippen LogP contribution in [0.3, 0.4) is 0 Å². The van der Waals surface area contributed by atoms with Gasteiger partial charge in [-0.1, -0.05) is 24.3 Å². The minimum atomic E-state index is -3.48. The van der Waals surface area contributed by atoms with Crippen LogP contribution < -0.4 is 4.90 Å². The first-order chi connectivity index (χ1) is 12.0. The second-order valence-electron chi connectivity index (χ2n) is 7.28. The van der Waals surface area contributed by atoms with Gasteiger partial charge in [0, 0.05) is 25.1 Å². The Kier molecular flexibility index (Phi) is 4.30. The Morgan fingerprint density at radius 1 is 1.23 bits per heavy atom. The zero-order valence-corrected chi connectivity index (χ0v) is 15.0. The van der Waals surface area contributed by atoms with E-state index < -0.39 is 23.7 Å². The number of anilines is 1. The number of rotatable bonds is 2. The minimum Gasteiger partial charge on any atom is -0.507 e. The summed E-state index contributed by atoms with van der Waals surface area (Å²) in [6.45, 7) is 4.78. The van der Waals surface area contributed by atoms with Gasteiger partial charge >= 0.3 is 12.2 Å². The molecule has 26 heavy (non-hydrogen) atoms. The molecule has 0 saturated carbocycles. The Bertz CT molecular complexity index is 860. The van der Waals surface area contributed by atoms with Gasteiger partial charge in [-0.3, -0.25) is 4.90 Å². The van der Waals surface area contributed by atoms with Crippen LogP contribution in [0.4, 0.5) is 19.3 Å². The van der Waals surface area contributed by atoms with Gasteiger partial charge in [0.05, 0.1) is 11.6 Å². The van der Waals surface area contributed by atoms with Gasteiger partial charge in [0.1, 0.15) is 11.4 Å². The number of alkyl halides is 2. The molecule has 7 heteroatoms. The molecule has 2 aromatic carbocycles. The molecule has 0 bridgehead atoms. The maximum atomic E-state index is 14.5. The van der Waals surface area contributed by atoms with Gasteiger partial charge in [0.2, 0.25) is 0 Å². The molecular weight excluding hydrogens is 344 g/mol. The second-order valence-corrected chi connectivity index (χ2v) is 7.28. The van der Waals surface area contributed by atoms with E-state index in [1.807, 2.05) is 0 Å². The molecule has 0 spiro atoms. The molecule has 5 nitrogen and oxygen atoms in total. The van der Waals surface area contributed by atoms with Crippen molar-refractivity contribution in [2.75, 3.05) is 18.6 Å². The van der Waals surface area contributed by atoms with E-state index >= 15 is 0 Å². The molecule has 140 valence electrons. The number of hydrogen-bond donors (Lipinski definition) is 1. The molecule has 1 unspecified atom stereocenters. The number of carbonyl (C=O) groups excluding carboxylic acids is 1. The number of phenols is 1. The monoisotopic (exact) mass is 365 g/mol. The second kappa shape index (κ2) is 6.09. The van der Waals surface area contributed by atoms with Crippen molar-refractivity contribution in [3.63, 3.8) is 0 Å². The molecule has 2 aromatic rings. The van der Waals surface area contributed by atoms with Crippen molar-refractivity contribution in [1.29, 1.82) is 0 Å². The van der Waals surface area contributed by atoms with Crippen molar-refractivity contribution in [3.8, 4) is 5.75 Å². The van der Waals surface area contributed by atoms with Gasteiger partial charge < -0.3 is 14.6 Å². The van der Waals surface area contributed by atoms with Gasteiger partial charge in [-0.05, 0) is 31.7 Å². The summed E-state index contributed by atoms with van der Waals surface area (Å²) >= 11 is 0. The highest BCUT2D eigenvalue weighted by atomic mass is 19.3. The summed E-state index contributed by atoms with van der Waals surface area (Å²) in [6, 6.07) is 8.01. The molecule has 1 aliphatic rings. The standard InChI is InChI=1S/C19H21F2NO4/c1-18(2,3)26-17(24)22-10-13(19(20,21)25-4)16-12-8-6-5-7-11(12)15(23)9-14(16)22/h5-9,13,23H,10H2,1-4H3. The quantitative estimate of drug-likeness (QED) is 0.843. The summed E-state index contributed by atoms with van der Waals surface area (Å²) in [5.74, 6) is -1.46. The average molecular weight is 365 g/mol. The zero-order chi connectivity index (χ0) is 19.3. The Morgan fingerprint density at radius 3 is 2.42 bits per heavy atom. The Hall–Kier alpha value is -2.41. The Labute approximate surface area is 150 Å². The van der Waals surface area contributed by atoms with Crippen molar-refractivity contribution in [3.05, 3.63) is 35.9 Å². The van der Waals surface area contributed by atoms with E-state index in [-0.39, 0.29) is 23.5 Å². The number of ether oxygens (including phenoxy) is 2. The lowest BCUT2D eigenvalue weighted by atomic mass is 9.93. The first-order valence-corrected chi connectivity index (χ1v) is 8.23. The molecule has 1 atom stereocenters. The predicted octanol–water partition coefficient (Wildman–Crippen LogP) is 4.62. The molecule has 1 amide bonds. The lowest BCUT2D eigenvalue weighted by Crippen LogP contribution is -2.39. The summed E-state index contributed by atoms with van der Waals surface area (Å²) in [6.07, 6.45) is -4.23. The summed E-state index contributed by atoms with van der Waals surface area (Å²) in [5, 5.41) is 11.2. The molecule has 0 aromatic heterocycles. The fourth-order valence-corrected chi connectivity index (χ4v) is 3.23. The summed E-state index contributed by atoms with van der Waals surface area (Å²) in [5.41, 5.74) is -0.314. The van der Waals surface area contributed by atoms with E-state index in [0.29, 0.717) is 10.8 Å². The predicted molar refractivity (Wildman–Crippen MR) is 93.9 cm³/mol. The summed E-state index contributed by atoms with van der Waals surface area (Å²) in [4.78, 5) is 13.7. The first kappa shape index (κ1) is 18.4. The third-order valence-corrected chi connectivity index (χ3v) is 4.34. The highest BCUT2D eigenvalue weighted by molar-refractivity contribution is 6.01. The van der Waals surface area contributed by atoms with E-state index in [9.17, 15) is 18.7 Å².